The van der Waals surface area contributed by atoms with Crippen molar-refractivity contribution in [2.24, 2.45) is 0 Å². The minimum atomic E-state index is -0.236. The highest BCUT2D eigenvalue weighted by atomic mass is 16.5. The van der Waals surface area contributed by atoms with Gasteiger partial charge in [-0.25, -0.2) is 0 Å². The lowest BCUT2D eigenvalue weighted by molar-refractivity contribution is 0.373. The summed E-state index contributed by atoms with van der Waals surface area (Å²) in [7, 11) is 3.00. The average molecular weight is 553 g/mol. The number of ether oxygens (including phenoxy) is 2. The fraction of sp³-hybridized carbons (Fsp3) is 0.0625. The maximum absolute atomic E-state index is 12.5. The van der Waals surface area contributed by atoms with Gasteiger partial charge in [-0.15, -0.1) is 0 Å². The molecule has 0 unspecified atom stereocenters. The first-order chi connectivity index (χ1) is 19.8. The standard InChI is InChI=1S/C16H12O5.C16H12O4/c1-20-15-6-11-14(7-13(15)18)21-8-12(16(11)19)9-2-4-10(17)5-3-9;1-19-12-5-2-10(3-6-12)14-9-20-15-8-11(17)4-7-13(15)16(14)18/h2-8,17-18H,1H3;2-9,17H,1H3. The average Bonchev–Trinajstić information content (AvgIpc) is 2.98. The van der Waals surface area contributed by atoms with Gasteiger partial charge in [0.2, 0.25) is 5.43 Å². The van der Waals surface area contributed by atoms with E-state index in [-0.39, 0.29) is 39.4 Å². The van der Waals surface area contributed by atoms with E-state index in [1.165, 1.54) is 56.0 Å². The molecule has 0 aliphatic heterocycles. The normalized spacial score (nSPS) is 10.7. The highest BCUT2D eigenvalue weighted by Crippen LogP contribution is 2.31. The lowest BCUT2D eigenvalue weighted by Crippen LogP contribution is -2.05. The van der Waals surface area contributed by atoms with Crippen LogP contribution in [0.3, 0.4) is 0 Å². The monoisotopic (exact) mass is 552 g/mol. The molecule has 0 atom stereocenters. The van der Waals surface area contributed by atoms with E-state index in [1.807, 2.05) is 0 Å². The van der Waals surface area contributed by atoms with E-state index in [1.54, 1.807) is 49.6 Å². The van der Waals surface area contributed by atoms with Gasteiger partial charge in [-0.05, 0) is 53.6 Å². The van der Waals surface area contributed by atoms with E-state index in [4.69, 9.17) is 18.3 Å². The van der Waals surface area contributed by atoms with Gasteiger partial charge in [0.15, 0.2) is 16.9 Å². The molecule has 0 bridgehead atoms. The van der Waals surface area contributed by atoms with Crippen LogP contribution in [0.5, 0.6) is 28.7 Å². The third-order valence-corrected chi connectivity index (χ3v) is 6.41. The summed E-state index contributed by atoms with van der Waals surface area (Å²) in [5.74, 6) is 1.03. The van der Waals surface area contributed by atoms with E-state index < -0.39 is 0 Å². The van der Waals surface area contributed by atoms with Gasteiger partial charge in [0.05, 0.1) is 36.1 Å². The zero-order valence-electron chi connectivity index (χ0n) is 22.0. The molecular formula is C32H24O9. The minimum Gasteiger partial charge on any atom is -0.508 e. The molecule has 0 fully saturated rings. The summed E-state index contributed by atoms with van der Waals surface area (Å²) in [5, 5.41) is 29.1. The Kier molecular flexibility index (Phi) is 7.34. The quantitative estimate of drug-likeness (QED) is 0.238. The van der Waals surface area contributed by atoms with Crippen molar-refractivity contribution in [3.63, 3.8) is 0 Å². The molecule has 4 aromatic carbocycles. The summed E-state index contributed by atoms with van der Waals surface area (Å²) in [5.41, 5.74) is 2.52. The molecule has 9 heteroatoms. The van der Waals surface area contributed by atoms with Gasteiger partial charge >= 0.3 is 0 Å². The Balaban J connectivity index is 0.000000165. The van der Waals surface area contributed by atoms with Crippen LogP contribution in [-0.4, -0.2) is 29.5 Å². The third-order valence-electron chi connectivity index (χ3n) is 6.41. The van der Waals surface area contributed by atoms with Crippen molar-refractivity contribution in [1.29, 1.82) is 0 Å². The molecule has 0 spiro atoms. The molecule has 3 N–H and O–H groups in total. The highest BCUT2D eigenvalue weighted by Gasteiger charge is 2.13. The van der Waals surface area contributed by atoms with Crippen molar-refractivity contribution < 1.29 is 33.6 Å². The first-order valence-electron chi connectivity index (χ1n) is 12.3. The van der Waals surface area contributed by atoms with Gasteiger partial charge in [-0.3, -0.25) is 9.59 Å². The van der Waals surface area contributed by atoms with Crippen LogP contribution in [-0.2, 0) is 0 Å². The molecule has 206 valence electrons. The smallest absolute Gasteiger partial charge is 0.200 e. The maximum Gasteiger partial charge on any atom is 0.200 e. The van der Waals surface area contributed by atoms with Crippen LogP contribution in [0.4, 0.5) is 0 Å². The number of aromatic hydroxyl groups is 3. The fourth-order valence-electron chi connectivity index (χ4n) is 4.24. The Labute approximate surface area is 232 Å². The van der Waals surface area contributed by atoms with Crippen LogP contribution >= 0.6 is 0 Å². The second-order valence-electron chi connectivity index (χ2n) is 8.93. The summed E-state index contributed by atoms with van der Waals surface area (Å²) in [6, 6.07) is 20.7. The number of methoxy groups -OCH3 is 2. The molecule has 2 aromatic heterocycles. The number of rotatable bonds is 4. The van der Waals surface area contributed by atoms with Gasteiger partial charge in [0.1, 0.15) is 40.9 Å². The van der Waals surface area contributed by atoms with Crippen molar-refractivity contribution >= 4 is 21.9 Å². The number of hydrogen-bond donors (Lipinski definition) is 3. The lowest BCUT2D eigenvalue weighted by Gasteiger charge is -2.06. The van der Waals surface area contributed by atoms with Crippen molar-refractivity contribution in [2.45, 2.75) is 0 Å². The summed E-state index contributed by atoms with van der Waals surface area (Å²) in [6.07, 6.45) is 2.74. The summed E-state index contributed by atoms with van der Waals surface area (Å²) in [6.45, 7) is 0. The lowest BCUT2D eigenvalue weighted by atomic mass is 10.1. The molecule has 41 heavy (non-hydrogen) atoms. The summed E-state index contributed by atoms with van der Waals surface area (Å²) < 4.78 is 20.9. The molecule has 9 nitrogen and oxygen atoms in total. The first kappa shape index (κ1) is 26.9. The van der Waals surface area contributed by atoms with Crippen LogP contribution in [0.15, 0.2) is 110 Å². The SMILES string of the molecule is COc1cc2c(=O)c(-c3ccc(O)cc3)coc2cc1O.COc1ccc(-c2coc3cc(O)ccc3c2=O)cc1. The molecule has 0 amide bonds. The predicted molar refractivity (Wildman–Crippen MR) is 154 cm³/mol. The van der Waals surface area contributed by atoms with Crippen molar-refractivity contribution in [3.8, 4) is 51.0 Å². The number of hydrogen-bond acceptors (Lipinski definition) is 9. The minimum absolute atomic E-state index is 0.0675. The van der Waals surface area contributed by atoms with E-state index in [0.29, 0.717) is 33.0 Å². The summed E-state index contributed by atoms with van der Waals surface area (Å²) in [4.78, 5) is 25.0. The largest absolute Gasteiger partial charge is 0.508 e. The molecule has 6 rings (SSSR count). The molecule has 0 saturated heterocycles. The maximum atomic E-state index is 12.5. The van der Waals surface area contributed by atoms with Gasteiger partial charge in [0.25, 0.3) is 0 Å². The van der Waals surface area contributed by atoms with E-state index in [2.05, 4.69) is 0 Å². The fourth-order valence-corrected chi connectivity index (χ4v) is 4.24. The Morgan fingerprint density at radius 3 is 1.71 bits per heavy atom. The van der Waals surface area contributed by atoms with E-state index in [9.17, 15) is 24.9 Å². The van der Waals surface area contributed by atoms with Gasteiger partial charge in [-0.2, -0.15) is 0 Å². The van der Waals surface area contributed by atoms with Crippen molar-refractivity contribution in [1.82, 2.24) is 0 Å². The zero-order chi connectivity index (χ0) is 29.1. The van der Waals surface area contributed by atoms with Crippen LogP contribution in [0.2, 0.25) is 0 Å². The Morgan fingerprint density at radius 1 is 0.585 bits per heavy atom. The third kappa shape index (κ3) is 5.41. The summed E-state index contributed by atoms with van der Waals surface area (Å²) >= 11 is 0. The van der Waals surface area contributed by atoms with E-state index >= 15 is 0 Å². The Bertz CT molecular complexity index is 1970. The first-order valence-corrected chi connectivity index (χ1v) is 12.3. The highest BCUT2D eigenvalue weighted by molar-refractivity contribution is 5.85. The van der Waals surface area contributed by atoms with Gasteiger partial charge in [0, 0.05) is 12.1 Å². The number of benzene rings is 4. The van der Waals surface area contributed by atoms with Crippen molar-refractivity contribution in [2.75, 3.05) is 14.2 Å². The van der Waals surface area contributed by atoms with Crippen LogP contribution in [0.25, 0.3) is 44.2 Å². The number of phenols is 3. The molecule has 0 saturated carbocycles. The number of fused-ring (bicyclic) bond motifs is 2. The molecule has 6 aromatic rings. The second kappa shape index (κ2) is 11.2. The predicted octanol–water partition coefficient (Wildman–Crippen LogP) is 6.05. The van der Waals surface area contributed by atoms with Crippen LogP contribution < -0.4 is 20.3 Å². The Hall–Kier alpha value is -5.70. The second-order valence-corrected chi connectivity index (χ2v) is 8.93. The zero-order valence-corrected chi connectivity index (χ0v) is 22.0. The van der Waals surface area contributed by atoms with Gasteiger partial charge in [-0.1, -0.05) is 24.3 Å². The molecule has 0 aliphatic rings. The van der Waals surface area contributed by atoms with Crippen molar-refractivity contribution in [3.05, 3.63) is 112 Å². The Morgan fingerprint density at radius 2 is 1.12 bits per heavy atom. The van der Waals surface area contributed by atoms with Crippen LogP contribution in [0, 0.1) is 0 Å². The van der Waals surface area contributed by atoms with Crippen LogP contribution in [0.1, 0.15) is 0 Å². The molecular weight excluding hydrogens is 528 g/mol. The number of phenolic OH excluding ortho intramolecular Hbond substituents is 3. The molecule has 2 heterocycles. The molecule has 0 aliphatic carbocycles. The topological polar surface area (TPSA) is 140 Å². The van der Waals surface area contributed by atoms with E-state index in [0.717, 1.165) is 11.3 Å². The van der Waals surface area contributed by atoms with Gasteiger partial charge < -0.3 is 33.6 Å². The molecule has 0 radical (unpaired) electrons.